The number of carbonyl (C=O) groups excluding carboxylic acids is 2. The zero-order valence-electron chi connectivity index (χ0n) is 16.7. The zero-order valence-corrected chi connectivity index (χ0v) is 16.7. The van der Waals surface area contributed by atoms with Crippen LogP contribution in [-0.4, -0.2) is 39.8 Å². The van der Waals surface area contributed by atoms with Gasteiger partial charge in [0.2, 0.25) is 11.7 Å². The van der Waals surface area contributed by atoms with E-state index in [1.165, 1.54) is 50.5 Å². The van der Waals surface area contributed by atoms with Gasteiger partial charge in [0.25, 0.3) is 0 Å². The summed E-state index contributed by atoms with van der Waals surface area (Å²) in [7, 11) is 4.48. The molecule has 8 heteroatoms. The molecule has 0 aliphatic carbocycles. The number of hydrogen-bond acceptors (Lipinski definition) is 6. The van der Waals surface area contributed by atoms with Crippen LogP contribution < -0.4 is 19.1 Å². The van der Waals surface area contributed by atoms with E-state index in [2.05, 4.69) is 0 Å². The Morgan fingerprint density at radius 1 is 0.967 bits per heavy atom. The van der Waals surface area contributed by atoms with Gasteiger partial charge in [0.05, 0.1) is 32.6 Å². The lowest BCUT2D eigenvalue weighted by Gasteiger charge is -2.32. The Morgan fingerprint density at radius 2 is 1.67 bits per heavy atom. The molecule has 30 heavy (non-hydrogen) atoms. The number of nitrogens with zero attached hydrogens (tertiary/aromatic N) is 1. The summed E-state index contributed by atoms with van der Waals surface area (Å²) >= 11 is 0. The van der Waals surface area contributed by atoms with Crippen LogP contribution in [0.25, 0.3) is 0 Å². The van der Waals surface area contributed by atoms with Crippen LogP contribution in [-0.2, 0) is 14.3 Å². The van der Waals surface area contributed by atoms with Crippen LogP contribution >= 0.6 is 0 Å². The van der Waals surface area contributed by atoms with Crippen LogP contribution in [0.4, 0.5) is 10.1 Å². The molecule has 0 saturated carbocycles. The van der Waals surface area contributed by atoms with Crippen molar-refractivity contribution in [1.82, 2.24) is 0 Å². The predicted octanol–water partition coefficient (Wildman–Crippen LogP) is 3.18. The minimum Gasteiger partial charge on any atom is -0.493 e. The molecular formula is C22H20FNO6. The molecule has 4 rings (SSSR count). The Kier molecular flexibility index (Phi) is 5.07. The monoisotopic (exact) mass is 413 g/mol. The Labute approximate surface area is 172 Å². The minimum absolute atomic E-state index is 0.0111. The van der Waals surface area contributed by atoms with E-state index < -0.39 is 17.7 Å². The number of benzene rings is 2. The van der Waals surface area contributed by atoms with Crippen molar-refractivity contribution in [3.05, 3.63) is 59.0 Å². The van der Waals surface area contributed by atoms with Crippen molar-refractivity contribution in [1.29, 1.82) is 0 Å². The minimum atomic E-state index is -0.575. The second-order valence-electron chi connectivity index (χ2n) is 6.82. The van der Waals surface area contributed by atoms with Crippen molar-refractivity contribution < 1.29 is 32.9 Å². The highest BCUT2D eigenvalue weighted by molar-refractivity contribution is 6.06. The summed E-state index contributed by atoms with van der Waals surface area (Å²) in [5, 5.41) is 0. The van der Waals surface area contributed by atoms with Crippen LogP contribution in [0, 0.1) is 5.82 Å². The fraction of sp³-hybridized carbons (Fsp3) is 0.273. The summed E-state index contributed by atoms with van der Waals surface area (Å²) in [5.41, 5.74) is 1.92. The molecule has 7 nitrogen and oxygen atoms in total. The van der Waals surface area contributed by atoms with Gasteiger partial charge in [-0.1, -0.05) is 6.07 Å². The smallest absolute Gasteiger partial charge is 0.336 e. The van der Waals surface area contributed by atoms with Crippen molar-refractivity contribution in [2.45, 2.75) is 12.3 Å². The number of ether oxygens (including phenoxy) is 4. The largest absolute Gasteiger partial charge is 0.493 e. The third-order valence-corrected chi connectivity index (χ3v) is 5.31. The number of carbonyl (C=O) groups is 2. The maximum Gasteiger partial charge on any atom is 0.336 e. The standard InChI is InChI=1S/C22H20FNO6/c1-27-17-9-8-14(20(28-2)21(17)29-3)15-10-18(25)24(13-6-4-12(23)5-7-13)16-11-30-22(26)19(15)16/h4-9,15H,10-11H2,1-3H3/t15-/m0/s1. The highest BCUT2D eigenvalue weighted by Gasteiger charge is 2.44. The van der Waals surface area contributed by atoms with Gasteiger partial charge >= 0.3 is 5.97 Å². The molecule has 0 aromatic heterocycles. The lowest BCUT2D eigenvalue weighted by atomic mass is 9.83. The van der Waals surface area contributed by atoms with Crippen LogP contribution in [0.1, 0.15) is 17.9 Å². The van der Waals surface area contributed by atoms with Crippen LogP contribution in [0.15, 0.2) is 47.7 Å². The van der Waals surface area contributed by atoms with Gasteiger partial charge < -0.3 is 18.9 Å². The number of rotatable bonds is 5. The van der Waals surface area contributed by atoms with E-state index in [0.717, 1.165) is 0 Å². The molecule has 0 radical (unpaired) electrons. The van der Waals surface area contributed by atoms with E-state index in [1.54, 1.807) is 12.1 Å². The van der Waals surface area contributed by atoms with Gasteiger partial charge in [0.1, 0.15) is 12.4 Å². The van der Waals surface area contributed by atoms with Crippen LogP contribution in [0.2, 0.25) is 0 Å². The summed E-state index contributed by atoms with van der Waals surface area (Å²) in [4.78, 5) is 27.2. The van der Waals surface area contributed by atoms with E-state index >= 15 is 0 Å². The molecule has 2 aliphatic heterocycles. The number of halogens is 1. The molecule has 0 bridgehead atoms. The molecule has 2 aromatic carbocycles. The summed E-state index contributed by atoms with van der Waals surface area (Å²) in [6, 6.07) is 8.99. The molecule has 0 N–H and O–H groups in total. The first-order chi connectivity index (χ1) is 14.5. The normalized spacial score (nSPS) is 18.3. The number of methoxy groups -OCH3 is 3. The quantitative estimate of drug-likeness (QED) is 0.701. The second-order valence-corrected chi connectivity index (χ2v) is 6.82. The van der Waals surface area contributed by atoms with Crippen molar-refractivity contribution in [2.24, 2.45) is 0 Å². The molecule has 156 valence electrons. The number of cyclic esters (lactones) is 1. The lowest BCUT2D eigenvalue weighted by molar-refractivity contribution is -0.136. The average molecular weight is 413 g/mol. The Bertz CT molecular complexity index is 1050. The van der Waals surface area contributed by atoms with Gasteiger partial charge in [-0.3, -0.25) is 9.69 Å². The predicted molar refractivity (Wildman–Crippen MR) is 105 cm³/mol. The maximum atomic E-state index is 13.4. The van der Waals surface area contributed by atoms with Gasteiger partial charge in [0, 0.05) is 23.6 Å². The first-order valence-electron chi connectivity index (χ1n) is 9.27. The number of anilines is 1. The molecule has 2 aliphatic rings. The molecule has 1 amide bonds. The van der Waals surface area contributed by atoms with E-state index in [-0.39, 0.29) is 18.9 Å². The third kappa shape index (κ3) is 3.04. The van der Waals surface area contributed by atoms with E-state index in [0.29, 0.717) is 39.8 Å². The van der Waals surface area contributed by atoms with Gasteiger partial charge in [-0.15, -0.1) is 0 Å². The highest BCUT2D eigenvalue weighted by Crippen LogP contribution is 2.49. The Morgan fingerprint density at radius 3 is 2.30 bits per heavy atom. The number of hydrogen-bond donors (Lipinski definition) is 0. The summed E-state index contributed by atoms with van der Waals surface area (Å²) < 4.78 is 34.9. The second kappa shape index (κ2) is 7.70. The summed E-state index contributed by atoms with van der Waals surface area (Å²) in [5.74, 6) is -0.489. The molecule has 0 saturated heterocycles. The molecule has 0 unspecified atom stereocenters. The number of esters is 1. The van der Waals surface area contributed by atoms with Crippen LogP contribution in [0.3, 0.4) is 0 Å². The zero-order chi connectivity index (χ0) is 21.4. The van der Waals surface area contributed by atoms with Crippen molar-refractivity contribution in [3.63, 3.8) is 0 Å². The molecule has 0 fully saturated rings. The molecule has 2 heterocycles. The van der Waals surface area contributed by atoms with E-state index in [9.17, 15) is 14.0 Å². The molecule has 0 spiro atoms. The van der Waals surface area contributed by atoms with Crippen molar-refractivity contribution in [2.75, 3.05) is 32.8 Å². The Balaban J connectivity index is 1.86. The van der Waals surface area contributed by atoms with Crippen molar-refractivity contribution in [3.8, 4) is 17.2 Å². The Hall–Kier alpha value is -3.55. The molecule has 1 atom stereocenters. The summed E-state index contributed by atoms with van der Waals surface area (Å²) in [6.45, 7) is -0.0383. The van der Waals surface area contributed by atoms with Gasteiger partial charge in [-0.2, -0.15) is 0 Å². The average Bonchev–Trinajstić information content (AvgIpc) is 3.14. The number of amides is 1. The third-order valence-electron chi connectivity index (χ3n) is 5.31. The van der Waals surface area contributed by atoms with Gasteiger partial charge in [0.15, 0.2) is 11.5 Å². The lowest BCUT2D eigenvalue weighted by Crippen LogP contribution is -2.37. The first kappa shape index (κ1) is 19.8. The van der Waals surface area contributed by atoms with Crippen LogP contribution in [0.5, 0.6) is 17.2 Å². The highest BCUT2D eigenvalue weighted by atomic mass is 19.1. The maximum absolute atomic E-state index is 13.4. The van der Waals surface area contributed by atoms with Gasteiger partial charge in [-0.05, 0) is 30.3 Å². The summed E-state index contributed by atoms with van der Waals surface area (Å²) in [6.07, 6.45) is 0.0111. The first-order valence-corrected chi connectivity index (χ1v) is 9.27. The SMILES string of the molecule is COc1ccc([C@@H]2CC(=O)N(c3ccc(F)cc3)C3=C2C(=O)OC3)c(OC)c1OC. The van der Waals surface area contributed by atoms with Crippen molar-refractivity contribution >= 4 is 17.6 Å². The molecular weight excluding hydrogens is 393 g/mol. The fourth-order valence-corrected chi connectivity index (χ4v) is 4.01. The van der Waals surface area contributed by atoms with Gasteiger partial charge in [-0.25, -0.2) is 9.18 Å². The molecule has 2 aromatic rings. The van der Waals surface area contributed by atoms with E-state index in [4.69, 9.17) is 18.9 Å². The fourth-order valence-electron chi connectivity index (χ4n) is 4.01. The topological polar surface area (TPSA) is 74.3 Å². The van der Waals surface area contributed by atoms with E-state index in [1.807, 2.05) is 0 Å².